The summed E-state index contributed by atoms with van der Waals surface area (Å²) in [4.78, 5) is 76.3. The van der Waals surface area contributed by atoms with Crippen molar-refractivity contribution in [3.63, 3.8) is 0 Å². The van der Waals surface area contributed by atoms with Gasteiger partial charge in [-0.25, -0.2) is 23.9 Å². The van der Waals surface area contributed by atoms with Gasteiger partial charge in [-0.05, 0) is 25.0 Å². The summed E-state index contributed by atoms with van der Waals surface area (Å²) >= 11 is 0. The molecular weight excluding hydrogens is 779 g/mol. The summed E-state index contributed by atoms with van der Waals surface area (Å²) in [7, 11) is 0. The number of carbonyl (C=O) groups is 4. The molecule has 0 aliphatic heterocycles. The number of guanidine groups is 1. The van der Waals surface area contributed by atoms with Crippen molar-refractivity contribution in [1.29, 1.82) is 0 Å². The van der Waals surface area contributed by atoms with E-state index in [1.165, 1.54) is 12.3 Å². The number of aliphatic carboxylic acids is 2. The van der Waals surface area contributed by atoms with E-state index in [-0.39, 0.29) is 53.2 Å². The number of carboxylic acid groups (broad SMARTS) is 2. The second-order valence-corrected chi connectivity index (χ2v) is 11.5. The molecule has 5 aromatic rings. The molecule has 3 aromatic heterocycles. The van der Waals surface area contributed by atoms with E-state index in [4.69, 9.17) is 34.9 Å². The molecule has 1 amide bonds. The van der Waals surface area contributed by atoms with Crippen LogP contribution >= 0.6 is 0 Å². The Morgan fingerprint density at radius 1 is 0.965 bits per heavy atom. The second-order valence-electron chi connectivity index (χ2n) is 11.5. The minimum absolute atomic E-state index is 0.00194. The molecule has 0 aliphatic carbocycles. The number of phenols is 4. The van der Waals surface area contributed by atoms with Crippen LogP contribution in [0.2, 0.25) is 0 Å². The molecule has 25 heteroatoms. The van der Waals surface area contributed by atoms with Crippen LogP contribution in [0.1, 0.15) is 28.9 Å². The maximum atomic E-state index is 13.7. The fourth-order valence-electron chi connectivity index (χ4n) is 4.82. The zero-order valence-corrected chi connectivity index (χ0v) is 28.5. The zero-order chi connectivity index (χ0) is 42.4. The van der Waals surface area contributed by atoms with Gasteiger partial charge in [-0.2, -0.15) is 13.2 Å². The normalized spacial score (nSPS) is 11.6. The summed E-state index contributed by atoms with van der Waals surface area (Å²) in [6.45, 7) is -0.894. The number of nitrogens with one attached hydrogen (secondary N) is 1. The van der Waals surface area contributed by atoms with Crippen molar-refractivity contribution < 1.29 is 76.6 Å². The first kappa shape index (κ1) is 41.9. The van der Waals surface area contributed by atoms with Crippen molar-refractivity contribution in [2.24, 2.45) is 16.5 Å². The molecule has 22 nitrogen and oxygen atoms in total. The van der Waals surface area contributed by atoms with Crippen LogP contribution in [0.25, 0.3) is 33.1 Å². The van der Waals surface area contributed by atoms with Gasteiger partial charge in [0.15, 0.2) is 29.0 Å². The molecule has 2 aromatic carbocycles. The second kappa shape index (κ2) is 17.1. The SMILES string of the molecule is NC(N)=NCCC[C@H](NC(=O)Cn1cc(COC(=O)c2c(O)c(O)cc3occ(-c4cc5cc(O)c(O)cc5oc4=O)c(=O)c23)nn1)C(=O)O.O=C(O)C(F)(F)F. The quantitative estimate of drug-likeness (QED) is 0.0208. The Morgan fingerprint density at radius 3 is 2.25 bits per heavy atom. The van der Waals surface area contributed by atoms with Crippen molar-refractivity contribution in [3.05, 3.63) is 68.6 Å². The fourth-order valence-corrected chi connectivity index (χ4v) is 4.82. The van der Waals surface area contributed by atoms with Crippen LogP contribution in [-0.2, 0) is 32.3 Å². The molecule has 0 unspecified atom stereocenters. The molecule has 0 saturated heterocycles. The van der Waals surface area contributed by atoms with Crippen LogP contribution in [0.4, 0.5) is 13.2 Å². The highest BCUT2D eigenvalue weighted by Crippen LogP contribution is 2.36. The third-order valence-corrected chi connectivity index (χ3v) is 7.41. The lowest BCUT2D eigenvalue weighted by atomic mass is 10.0. The third-order valence-electron chi connectivity index (χ3n) is 7.41. The number of esters is 1. The number of nitrogens with two attached hydrogens (primary N) is 2. The third kappa shape index (κ3) is 10.2. The number of amides is 1. The summed E-state index contributed by atoms with van der Waals surface area (Å²) in [5.74, 6) is -9.19. The van der Waals surface area contributed by atoms with E-state index in [0.29, 0.717) is 0 Å². The van der Waals surface area contributed by atoms with E-state index in [1.807, 2.05) is 0 Å². The van der Waals surface area contributed by atoms with Crippen molar-refractivity contribution >= 4 is 51.7 Å². The van der Waals surface area contributed by atoms with E-state index >= 15 is 0 Å². The number of hydrogen-bond donors (Lipinski definition) is 9. The molecule has 57 heavy (non-hydrogen) atoms. The number of carboxylic acids is 2. The number of phenolic OH excluding ortho intramolecular Hbond substituents is 4. The fraction of sp³-hybridized carbons (Fsp3) is 0.219. The van der Waals surface area contributed by atoms with E-state index in [2.05, 4.69) is 20.6 Å². The maximum absolute atomic E-state index is 13.7. The number of rotatable bonds is 12. The average Bonchev–Trinajstić information content (AvgIpc) is 3.56. The molecule has 302 valence electrons. The topological polar surface area (TPSA) is 366 Å². The molecular formula is C32H28F3N7O15. The molecule has 0 spiro atoms. The highest BCUT2D eigenvalue weighted by molar-refractivity contribution is 6.07. The number of aromatic nitrogens is 3. The number of carbonyl (C=O) groups excluding carboxylic acids is 2. The minimum atomic E-state index is -5.08. The molecule has 0 radical (unpaired) electrons. The minimum Gasteiger partial charge on any atom is -0.504 e. The van der Waals surface area contributed by atoms with Gasteiger partial charge >= 0.3 is 29.7 Å². The molecule has 0 fully saturated rings. The average molecular weight is 808 g/mol. The number of fused-ring (bicyclic) bond motifs is 2. The van der Waals surface area contributed by atoms with Gasteiger partial charge in [-0.3, -0.25) is 14.6 Å². The van der Waals surface area contributed by atoms with Crippen molar-refractivity contribution in [3.8, 4) is 34.1 Å². The lowest BCUT2D eigenvalue weighted by Gasteiger charge is -2.13. The van der Waals surface area contributed by atoms with Gasteiger partial charge in [-0.1, -0.05) is 5.21 Å². The summed E-state index contributed by atoms with van der Waals surface area (Å²) in [6, 6.07) is 2.89. The Kier molecular flexibility index (Phi) is 12.6. The summed E-state index contributed by atoms with van der Waals surface area (Å²) in [5, 5.41) is 66.4. The number of benzene rings is 2. The number of nitrogens with zero attached hydrogens (tertiary/aromatic N) is 4. The van der Waals surface area contributed by atoms with Gasteiger partial charge in [0.25, 0.3) is 0 Å². The molecule has 0 bridgehead atoms. The van der Waals surface area contributed by atoms with Crippen LogP contribution in [0.3, 0.4) is 0 Å². The first-order valence-electron chi connectivity index (χ1n) is 15.6. The standard InChI is InChI=1S/C30H27N7O13.C2HF3O2/c31-30(32)33-3-1-2-16(27(44)45)34-22(41)9-37-8-13(35-36-37)10-49-29(47)24-23-21(7-19(40)26(24)43)48-11-15(25(23)42)14-4-12-5-17(38)18(39)6-20(12)50-28(14)46;3-2(4,5)1(6)7/h4-8,11,16,38-40,43H,1-3,9-10H2,(H,34,41)(H,44,45)(H4,31,32,33);(H,6,7)/t16-;/m0./s1. The highest BCUT2D eigenvalue weighted by Gasteiger charge is 2.38. The molecule has 11 N–H and O–H groups in total. The summed E-state index contributed by atoms with van der Waals surface area (Å²) in [5.41, 5.74) is 6.37. The number of hydrogen-bond acceptors (Lipinski definition) is 16. The summed E-state index contributed by atoms with van der Waals surface area (Å²) < 4.78 is 48.6. The Morgan fingerprint density at radius 2 is 1.61 bits per heavy atom. The molecule has 5 rings (SSSR count). The number of alkyl halides is 3. The van der Waals surface area contributed by atoms with Crippen LogP contribution in [0.5, 0.6) is 23.0 Å². The van der Waals surface area contributed by atoms with Crippen molar-refractivity contribution in [2.75, 3.05) is 6.54 Å². The first-order chi connectivity index (χ1) is 26.7. The monoisotopic (exact) mass is 807 g/mol. The summed E-state index contributed by atoms with van der Waals surface area (Å²) in [6.07, 6.45) is -2.69. The molecule has 0 saturated carbocycles. The van der Waals surface area contributed by atoms with E-state index < -0.39 is 99.8 Å². The lowest BCUT2D eigenvalue weighted by Crippen LogP contribution is -2.42. The number of aliphatic imine (C=N–C) groups is 1. The molecule has 0 aliphatic rings. The number of ether oxygens (including phenoxy) is 1. The number of aromatic hydroxyl groups is 4. The van der Waals surface area contributed by atoms with Gasteiger partial charge in [-0.15, -0.1) is 5.10 Å². The maximum Gasteiger partial charge on any atom is 0.490 e. The predicted molar refractivity (Wildman–Crippen MR) is 183 cm³/mol. The Labute approximate surface area is 312 Å². The van der Waals surface area contributed by atoms with E-state index in [9.17, 15) is 62.7 Å². The Bertz CT molecular complexity index is 2530. The van der Waals surface area contributed by atoms with Gasteiger partial charge in [0.05, 0.1) is 22.7 Å². The zero-order valence-electron chi connectivity index (χ0n) is 28.5. The highest BCUT2D eigenvalue weighted by atomic mass is 19.4. The van der Waals surface area contributed by atoms with Crippen LogP contribution in [0, 0.1) is 0 Å². The lowest BCUT2D eigenvalue weighted by molar-refractivity contribution is -0.192. The van der Waals surface area contributed by atoms with Gasteiger partial charge in [0.2, 0.25) is 11.3 Å². The molecule has 3 heterocycles. The van der Waals surface area contributed by atoms with Gasteiger partial charge in [0, 0.05) is 24.1 Å². The van der Waals surface area contributed by atoms with Gasteiger partial charge < -0.3 is 61.0 Å². The largest absolute Gasteiger partial charge is 0.504 e. The Balaban J connectivity index is 0.000000940. The molecule has 1 atom stereocenters. The van der Waals surface area contributed by atoms with Crippen molar-refractivity contribution in [2.45, 2.75) is 38.2 Å². The van der Waals surface area contributed by atoms with E-state index in [1.54, 1.807) is 0 Å². The van der Waals surface area contributed by atoms with Crippen molar-refractivity contribution in [1.82, 2.24) is 20.3 Å². The van der Waals surface area contributed by atoms with Crippen LogP contribution < -0.4 is 27.8 Å². The predicted octanol–water partition coefficient (Wildman–Crippen LogP) is 0.594. The Hall–Kier alpha value is -7.86. The van der Waals surface area contributed by atoms with E-state index in [0.717, 1.165) is 29.1 Å². The smallest absolute Gasteiger partial charge is 0.490 e. The number of halogens is 3. The van der Waals surface area contributed by atoms with Crippen LogP contribution in [0.15, 0.2) is 60.1 Å². The van der Waals surface area contributed by atoms with Gasteiger partial charge in [0.1, 0.15) is 47.9 Å². The van der Waals surface area contributed by atoms with Crippen LogP contribution in [-0.4, -0.2) is 94.2 Å². The first-order valence-corrected chi connectivity index (χ1v) is 15.6.